The summed E-state index contributed by atoms with van der Waals surface area (Å²) < 4.78 is 16.7. The molecule has 0 saturated heterocycles. The number of unbranched alkanes of at least 4 members (excludes halogenated alkanes) is 30. The van der Waals surface area contributed by atoms with E-state index < -0.39 is 6.10 Å². The van der Waals surface area contributed by atoms with E-state index in [4.69, 9.17) is 14.2 Å². The summed E-state index contributed by atoms with van der Waals surface area (Å²) in [7, 11) is 0. The summed E-state index contributed by atoms with van der Waals surface area (Å²) in [6.07, 6.45) is 44.0. The van der Waals surface area contributed by atoms with Crippen molar-refractivity contribution < 1.29 is 28.6 Å². The molecule has 0 aliphatic heterocycles. The van der Waals surface area contributed by atoms with Crippen LogP contribution in [0.2, 0.25) is 0 Å². The number of rotatable bonds is 45. The van der Waals surface area contributed by atoms with Crippen LogP contribution in [0.25, 0.3) is 0 Å². The molecule has 57 heavy (non-hydrogen) atoms. The molecule has 0 amide bonds. The van der Waals surface area contributed by atoms with Crippen LogP contribution in [0.3, 0.4) is 0 Å². The molecule has 0 aliphatic rings. The summed E-state index contributed by atoms with van der Waals surface area (Å²) >= 11 is 0. The standard InChI is InChI=1S/C51H98O6/c1-6-7-8-9-24-31-36-41-49(52)55-44-48(57-51(54)43-38-33-28-23-22-26-30-35-40-47(4)5)45-56-50(53)42-37-32-27-21-19-17-15-13-11-10-12-14-16-18-20-25-29-34-39-46(2)3/h46-48H,6-45H2,1-5H3/t48-/m1/s1. The first-order chi connectivity index (χ1) is 27.7. The fourth-order valence-corrected chi connectivity index (χ4v) is 7.64. The minimum Gasteiger partial charge on any atom is -0.462 e. The van der Waals surface area contributed by atoms with Gasteiger partial charge in [-0.05, 0) is 31.1 Å². The smallest absolute Gasteiger partial charge is 0.306 e. The highest BCUT2D eigenvalue weighted by atomic mass is 16.6. The fourth-order valence-electron chi connectivity index (χ4n) is 7.64. The Labute approximate surface area is 355 Å². The molecule has 0 fully saturated rings. The summed E-state index contributed by atoms with van der Waals surface area (Å²) in [5.74, 6) is 0.793. The molecule has 0 aromatic carbocycles. The monoisotopic (exact) mass is 807 g/mol. The maximum Gasteiger partial charge on any atom is 0.306 e. The second kappa shape index (κ2) is 44.0. The predicted molar refractivity (Wildman–Crippen MR) is 243 cm³/mol. The first kappa shape index (κ1) is 55.4. The Hall–Kier alpha value is -1.59. The van der Waals surface area contributed by atoms with Crippen molar-refractivity contribution in [3.8, 4) is 0 Å². The van der Waals surface area contributed by atoms with Gasteiger partial charge in [-0.15, -0.1) is 0 Å². The Kier molecular flexibility index (Phi) is 42.7. The van der Waals surface area contributed by atoms with Crippen LogP contribution in [-0.2, 0) is 28.6 Å². The van der Waals surface area contributed by atoms with Crippen molar-refractivity contribution in [1.82, 2.24) is 0 Å². The molecule has 1 atom stereocenters. The predicted octanol–water partition coefficient (Wildman–Crippen LogP) is 16.1. The van der Waals surface area contributed by atoms with Gasteiger partial charge in [-0.25, -0.2) is 0 Å². The van der Waals surface area contributed by atoms with Crippen LogP contribution < -0.4 is 0 Å². The molecule has 0 aromatic heterocycles. The summed E-state index contributed by atoms with van der Waals surface area (Å²) in [6, 6.07) is 0. The van der Waals surface area contributed by atoms with E-state index >= 15 is 0 Å². The van der Waals surface area contributed by atoms with Crippen LogP contribution in [0.15, 0.2) is 0 Å². The molecular weight excluding hydrogens is 709 g/mol. The topological polar surface area (TPSA) is 78.9 Å². The fraction of sp³-hybridized carbons (Fsp3) is 0.941. The van der Waals surface area contributed by atoms with E-state index in [1.165, 1.54) is 167 Å². The van der Waals surface area contributed by atoms with Crippen molar-refractivity contribution in [3.63, 3.8) is 0 Å². The van der Waals surface area contributed by atoms with Gasteiger partial charge in [-0.2, -0.15) is 0 Å². The Bertz CT molecular complexity index is 870. The molecule has 0 bridgehead atoms. The average molecular weight is 807 g/mol. The van der Waals surface area contributed by atoms with Crippen molar-refractivity contribution in [2.24, 2.45) is 11.8 Å². The first-order valence-electron chi connectivity index (χ1n) is 25.2. The number of hydrogen-bond donors (Lipinski definition) is 0. The molecule has 6 heteroatoms. The molecule has 0 rings (SSSR count). The van der Waals surface area contributed by atoms with Gasteiger partial charge in [0.25, 0.3) is 0 Å². The van der Waals surface area contributed by atoms with E-state index in [0.29, 0.717) is 19.3 Å². The van der Waals surface area contributed by atoms with Gasteiger partial charge in [-0.3, -0.25) is 14.4 Å². The third-order valence-corrected chi connectivity index (χ3v) is 11.5. The number of carbonyl (C=O) groups excluding carboxylic acids is 3. The third-order valence-electron chi connectivity index (χ3n) is 11.5. The Morgan fingerprint density at radius 2 is 0.579 bits per heavy atom. The van der Waals surface area contributed by atoms with Gasteiger partial charge in [0.2, 0.25) is 0 Å². The molecule has 0 radical (unpaired) electrons. The third kappa shape index (κ3) is 45.3. The van der Waals surface area contributed by atoms with Crippen molar-refractivity contribution in [2.45, 2.75) is 285 Å². The largest absolute Gasteiger partial charge is 0.462 e. The van der Waals surface area contributed by atoms with Crippen molar-refractivity contribution in [3.05, 3.63) is 0 Å². The minimum atomic E-state index is -0.760. The lowest BCUT2D eigenvalue weighted by molar-refractivity contribution is -0.167. The summed E-state index contributed by atoms with van der Waals surface area (Å²) in [5, 5.41) is 0. The second-order valence-electron chi connectivity index (χ2n) is 18.4. The SMILES string of the molecule is CCCCCCCCCC(=O)OC[C@H](COC(=O)CCCCCCCCCCCCCCCCCCCCC(C)C)OC(=O)CCCCCCCCCCC(C)C. The van der Waals surface area contributed by atoms with Crippen LogP contribution >= 0.6 is 0 Å². The minimum absolute atomic E-state index is 0.0647. The molecule has 0 aromatic rings. The molecule has 0 aliphatic carbocycles. The van der Waals surface area contributed by atoms with E-state index in [-0.39, 0.29) is 31.1 Å². The molecule has 0 saturated carbocycles. The quantitative estimate of drug-likeness (QED) is 0.0346. The lowest BCUT2D eigenvalue weighted by Gasteiger charge is -2.18. The number of hydrogen-bond acceptors (Lipinski definition) is 6. The van der Waals surface area contributed by atoms with E-state index in [9.17, 15) is 14.4 Å². The zero-order chi connectivity index (χ0) is 41.9. The van der Waals surface area contributed by atoms with Crippen LogP contribution in [0, 0.1) is 11.8 Å². The Morgan fingerprint density at radius 3 is 0.860 bits per heavy atom. The molecule has 0 N–H and O–H groups in total. The first-order valence-corrected chi connectivity index (χ1v) is 25.2. The maximum atomic E-state index is 12.7. The van der Waals surface area contributed by atoms with E-state index in [1.54, 1.807) is 0 Å². The van der Waals surface area contributed by atoms with Gasteiger partial charge in [0.05, 0.1) is 0 Å². The molecular formula is C51H98O6. The van der Waals surface area contributed by atoms with Crippen LogP contribution in [0.4, 0.5) is 0 Å². The van der Waals surface area contributed by atoms with Gasteiger partial charge in [0, 0.05) is 19.3 Å². The van der Waals surface area contributed by atoms with Crippen molar-refractivity contribution >= 4 is 17.9 Å². The highest BCUT2D eigenvalue weighted by Crippen LogP contribution is 2.17. The zero-order valence-electron chi connectivity index (χ0n) is 39.0. The molecule has 6 nitrogen and oxygen atoms in total. The number of esters is 3. The van der Waals surface area contributed by atoms with Gasteiger partial charge >= 0.3 is 17.9 Å². The highest BCUT2D eigenvalue weighted by molar-refractivity contribution is 5.71. The van der Waals surface area contributed by atoms with E-state index in [2.05, 4.69) is 34.6 Å². The van der Waals surface area contributed by atoms with Gasteiger partial charge in [0.15, 0.2) is 6.10 Å². The van der Waals surface area contributed by atoms with Gasteiger partial charge in [-0.1, -0.05) is 240 Å². The second-order valence-corrected chi connectivity index (χ2v) is 18.4. The number of ether oxygens (including phenoxy) is 3. The molecule has 0 heterocycles. The average Bonchev–Trinajstić information content (AvgIpc) is 3.18. The van der Waals surface area contributed by atoms with Gasteiger partial charge < -0.3 is 14.2 Å². The molecule has 0 unspecified atom stereocenters. The zero-order valence-corrected chi connectivity index (χ0v) is 39.0. The highest BCUT2D eigenvalue weighted by Gasteiger charge is 2.19. The molecule has 0 spiro atoms. The van der Waals surface area contributed by atoms with Crippen LogP contribution in [0.1, 0.15) is 279 Å². The normalized spacial score (nSPS) is 12.1. The van der Waals surface area contributed by atoms with Crippen LogP contribution in [0.5, 0.6) is 0 Å². The lowest BCUT2D eigenvalue weighted by atomic mass is 10.0. The lowest BCUT2D eigenvalue weighted by Crippen LogP contribution is -2.30. The van der Waals surface area contributed by atoms with Gasteiger partial charge in [0.1, 0.15) is 13.2 Å². The maximum absolute atomic E-state index is 12.7. The summed E-state index contributed by atoms with van der Waals surface area (Å²) in [5.41, 5.74) is 0. The summed E-state index contributed by atoms with van der Waals surface area (Å²) in [4.78, 5) is 37.7. The van der Waals surface area contributed by atoms with Crippen molar-refractivity contribution in [1.29, 1.82) is 0 Å². The summed E-state index contributed by atoms with van der Waals surface area (Å²) in [6.45, 7) is 11.3. The van der Waals surface area contributed by atoms with E-state index in [1.807, 2.05) is 0 Å². The van der Waals surface area contributed by atoms with Crippen LogP contribution in [-0.4, -0.2) is 37.2 Å². The molecule has 338 valence electrons. The Balaban J connectivity index is 4.11. The number of carbonyl (C=O) groups is 3. The van der Waals surface area contributed by atoms with E-state index in [0.717, 1.165) is 69.6 Å². The Morgan fingerprint density at radius 1 is 0.333 bits per heavy atom. The van der Waals surface area contributed by atoms with Crippen molar-refractivity contribution in [2.75, 3.05) is 13.2 Å².